The molecule has 116 valence electrons. The van der Waals surface area contributed by atoms with Gasteiger partial charge in [-0.15, -0.1) is 11.3 Å². The average Bonchev–Trinajstić information content (AvgIpc) is 3.26. The number of aliphatic carboxylic acids is 1. The first-order chi connectivity index (χ1) is 10.6. The molecule has 0 spiro atoms. The molecule has 0 amide bonds. The Balaban J connectivity index is 1.94. The van der Waals surface area contributed by atoms with Crippen molar-refractivity contribution in [3.8, 4) is 0 Å². The Hall–Kier alpha value is -1.88. The zero-order chi connectivity index (χ0) is 15.7. The smallest absolute Gasteiger partial charge is 0.311 e. The van der Waals surface area contributed by atoms with Crippen molar-refractivity contribution in [1.29, 1.82) is 0 Å². The predicted octanol–water partition coefficient (Wildman–Crippen LogP) is 4.19. The fraction of sp³-hybridized carbons (Fsp3) is 0.412. The summed E-state index contributed by atoms with van der Waals surface area (Å²) in [6, 6.07) is 10.2. The maximum absolute atomic E-state index is 11.3. The Morgan fingerprint density at radius 3 is 2.68 bits per heavy atom. The number of aromatic nitrogens is 1. The molecule has 1 saturated carbocycles. The molecular weight excluding hydrogens is 296 g/mol. The van der Waals surface area contributed by atoms with Crippen LogP contribution in [0.5, 0.6) is 0 Å². The number of carbonyl (C=O) groups is 1. The van der Waals surface area contributed by atoms with Gasteiger partial charge in [-0.2, -0.15) is 0 Å². The Bertz CT molecular complexity index is 665. The minimum atomic E-state index is -0.799. The zero-order valence-corrected chi connectivity index (χ0v) is 13.6. The lowest BCUT2D eigenvalue weighted by atomic mass is 10.1. The fourth-order valence-corrected chi connectivity index (χ4v) is 3.62. The molecule has 1 heterocycles. The summed E-state index contributed by atoms with van der Waals surface area (Å²) in [6.07, 6.45) is 2.54. The topological polar surface area (TPSA) is 53.4 Å². The molecule has 0 bridgehead atoms. The number of para-hydroxylation sites is 1. The van der Waals surface area contributed by atoms with Gasteiger partial charge in [0.05, 0.1) is 11.6 Å². The molecule has 1 unspecified atom stereocenters. The van der Waals surface area contributed by atoms with Crippen molar-refractivity contribution in [2.45, 2.75) is 32.6 Å². The van der Waals surface area contributed by atoms with E-state index in [1.807, 2.05) is 25.1 Å². The van der Waals surface area contributed by atoms with Gasteiger partial charge in [0.15, 0.2) is 5.13 Å². The summed E-state index contributed by atoms with van der Waals surface area (Å²) in [5.41, 5.74) is 1.95. The lowest BCUT2D eigenvalue weighted by Gasteiger charge is -2.21. The Kier molecular flexibility index (Phi) is 4.16. The van der Waals surface area contributed by atoms with E-state index in [0.717, 1.165) is 33.9 Å². The molecule has 1 aliphatic rings. The van der Waals surface area contributed by atoms with Crippen molar-refractivity contribution in [1.82, 2.24) is 4.98 Å². The van der Waals surface area contributed by atoms with Gasteiger partial charge in [0.2, 0.25) is 0 Å². The van der Waals surface area contributed by atoms with Crippen LogP contribution < -0.4 is 4.90 Å². The highest BCUT2D eigenvalue weighted by molar-refractivity contribution is 7.16. The van der Waals surface area contributed by atoms with Crippen molar-refractivity contribution in [2.24, 2.45) is 5.92 Å². The number of anilines is 2. The number of rotatable bonds is 6. The summed E-state index contributed by atoms with van der Waals surface area (Å²) < 4.78 is 0. The minimum Gasteiger partial charge on any atom is -0.481 e. The van der Waals surface area contributed by atoms with Crippen molar-refractivity contribution in [2.75, 3.05) is 11.4 Å². The third kappa shape index (κ3) is 3.14. The van der Waals surface area contributed by atoms with Crippen molar-refractivity contribution in [3.63, 3.8) is 0 Å². The van der Waals surface area contributed by atoms with Gasteiger partial charge >= 0.3 is 5.97 Å². The Morgan fingerprint density at radius 1 is 1.41 bits per heavy atom. The van der Waals surface area contributed by atoms with Crippen LogP contribution in [0.15, 0.2) is 30.3 Å². The second-order valence-electron chi connectivity index (χ2n) is 5.90. The number of thiazole rings is 1. The molecule has 0 radical (unpaired) electrons. The van der Waals surface area contributed by atoms with Gasteiger partial charge in [-0.25, -0.2) is 4.98 Å². The highest BCUT2D eigenvalue weighted by atomic mass is 32.1. The van der Waals surface area contributed by atoms with Gasteiger partial charge in [-0.3, -0.25) is 4.79 Å². The quantitative estimate of drug-likeness (QED) is 0.868. The number of aryl methyl sites for hydroxylation is 1. The van der Waals surface area contributed by atoms with Crippen LogP contribution in [0.25, 0.3) is 0 Å². The molecular formula is C17H20N2O2S. The van der Waals surface area contributed by atoms with Crippen molar-refractivity contribution >= 4 is 28.1 Å². The normalized spacial score (nSPS) is 15.5. The van der Waals surface area contributed by atoms with Gasteiger partial charge in [-0.05, 0) is 44.7 Å². The third-order valence-corrected chi connectivity index (χ3v) is 5.38. The van der Waals surface area contributed by atoms with Crippen LogP contribution in [-0.2, 0) is 4.79 Å². The van der Waals surface area contributed by atoms with E-state index in [1.165, 1.54) is 24.2 Å². The Labute approximate surface area is 134 Å². The van der Waals surface area contributed by atoms with E-state index in [4.69, 9.17) is 0 Å². The van der Waals surface area contributed by atoms with E-state index >= 15 is 0 Å². The second kappa shape index (κ2) is 6.08. The molecule has 22 heavy (non-hydrogen) atoms. The first kappa shape index (κ1) is 15.0. The third-order valence-electron chi connectivity index (χ3n) is 4.02. The van der Waals surface area contributed by atoms with Gasteiger partial charge in [0, 0.05) is 17.1 Å². The summed E-state index contributed by atoms with van der Waals surface area (Å²) in [5, 5.41) is 10.1. The van der Waals surface area contributed by atoms with E-state index < -0.39 is 11.9 Å². The first-order valence-electron chi connectivity index (χ1n) is 7.59. The first-order valence-corrected chi connectivity index (χ1v) is 8.40. The fourth-order valence-electron chi connectivity index (χ4n) is 2.48. The summed E-state index contributed by atoms with van der Waals surface area (Å²) in [4.78, 5) is 19.0. The number of carboxylic acids is 1. The number of benzene rings is 1. The number of hydrogen-bond donors (Lipinski definition) is 1. The highest BCUT2D eigenvalue weighted by Crippen LogP contribution is 2.39. The lowest BCUT2D eigenvalue weighted by Crippen LogP contribution is -2.19. The highest BCUT2D eigenvalue weighted by Gasteiger charge is 2.28. The van der Waals surface area contributed by atoms with Crippen molar-refractivity contribution < 1.29 is 9.90 Å². The minimum absolute atomic E-state index is 0.509. The molecule has 1 aliphatic carbocycles. The number of hydrogen-bond acceptors (Lipinski definition) is 4. The molecule has 3 rings (SSSR count). The largest absolute Gasteiger partial charge is 0.481 e. The molecule has 0 saturated heterocycles. The predicted molar refractivity (Wildman–Crippen MR) is 89.1 cm³/mol. The Morgan fingerprint density at radius 2 is 2.09 bits per heavy atom. The molecule has 1 atom stereocenters. The molecule has 1 fully saturated rings. The lowest BCUT2D eigenvalue weighted by molar-refractivity contribution is -0.138. The van der Waals surface area contributed by atoms with Crippen LogP contribution in [0.4, 0.5) is 10.8 Å². The van der Waals surface area contributed by atoms with Crippen LogP contribution in [0.3, 0.4) is 0 Å². The summed E-state index contributed by atoms with van der Waals surface area (Å²) >= 11 is 1.50. The molecule has 4 nitrogen and oxygen atoms in total. The van der Waals surface area contributed by atoms with E-state index in [9.17, 15) is 9.90 Å². The van der Waals surface area contributed by atoms with E-state index in [-0.39, 0.29) is 0 Å². The molecule has 5 heteroatoms. The maximum atomic E-state index is 11.3. The van der Waals surface area contributed by atoms with E-state index in [2.05, 4.69) is 22.0 Å². The van der Waals surface area contributed by atoms with Gasteiger partial charge in [0.25, 0.3) is 0 Å². The van der Waals surface area contributed by atoms with Crippen LogP contribution in [0.2, 0.25) is 0 Å². The van der Waals surface area contributed by atoms with Crippen LogP contribution in [0.1, 0.15) is 36.3 Å². The van der Waals surface area contributed by atoms with Crippen LogP contribution in [-0.4, -0.2) is 22.6 Å². The summed E-state index contributed by atoms with van der Waals surface area (Å²) in [6.45, 7) is 4.58. The van der Waals surface area contributed by atoms with Crippen molar-refractivity contribution in [3.05, 3.63) is 40.9 Å². The number of carboxylic acid groups (broad SMARTS) is 1. The average molecular weight is 316 g/mol. The van der Waals surface area contributed by atoms with Gasteiger partial charge < -0.3 is 10.0 Å². The molecule has 1 aromatic heterocycles. The second-order valence-corrected chi connectivity index (χ2v) is 6.90. The van der Waals surface area contributed by atoms with E-state index in [1.54, 1.807) is 6.92 Å². The monoisotopic (exact) mass is 316 g/mol. The SMILES string of the molecule is Cc1nc(N(CC2CC2)c2ccccc2)sc1C(C)C(=O)O. The molecule has 0 aliphatic heterocycles. The van der Waals surface area contributed by atoms with E-state index in [0.29, 0.717) is 0 Å². The molecule has 1 aromatic carbocycles. The number of nitrogens with zero attached hydrogens (tertiary/aromatic N) is 2. The summed E-state index contributed by atoms with van der Waals surface area (Å²) in [7, 11) is 0. The van der Waals surface area contributed by atoms with Crippen LogP contribution >= 0.6 is 11.3 Å². The van der Waals surface area contributed by atoms with Gasteiger partial charge in [0.1, 0.15) is 0 Å². The zero-order valence-electron chi connectivity index (χ0n) is 12.8. The summed E-state index contributed by atoms with van der Waals surface area (Å²) in [5.74, 6) is -0.582. The van der Waals surface area contributed by atoms with Gasteiger partial charge in [-0.1, -0.05) is 18.2 Å². The maximum Gasteiger partial charge on any atom is 0.311 e. The molecule has 1 N–H and O–H groups in total. The molecule has 2 aromatic rings. The van der Waals surface area contributed by atoms with Crippen LogP contribution in [0, 0.1) is 12.8 Å². The standard InChI is InChI=1S/C17H20N2O2S/c1-11(16(20)21)15-12(2)18-17(22-15)19(10-13-8-9-13)14-6-4-3-5-7-14/h3-7,11,13H,8-10H2,1-2H3,(H,20,21).